The Labute approximate surface area is 248 Å². The molecule has 0 aliphatic carbocycles. The van der Waals surface area contributed by atoms with E-state index in [4.69, 9.17) is 43.4 Å². The third-order valence-corrected chi connectivity index (χ3v) is 4.61. The Morgan fingerprint density at radius 2 is 0.791 bits per heavy atom. The number of ether oxygens (including phenoxy) is 9. The molecule has 0 rings (SSSR count). The Hall–Kier alpha value is -3.70. The first-order valence-corrected chi connectivity index (χ1v) is 13.5. The number of rotatable bonds is 22. The highest BCUT2D eigenvalue weighted by Gasteiger charge is 2.19. The van der Waals surface area contributed by atoms with Gasteiger partial charge in [-0.2, -0.15) is 0 Å². The van der Waals surface area contributed by atoms with Crippen LogP contribution in [0, 0.1) is 0 Å². The van der Waals surface area contributed by atoms with Gasteiger partial charge in [0.25, 0.3) is 0 Å². The smallest absolute Gasteiger partial charge is 0.463 e. The van der Waals surface area contributed by atoms with Crippen LogP contribution in [0.1, 0.15) is 53.4 Å². The topological polar surface area (TPSA) is 226 Å². The predicted octanol–water partition coefficient (Wildman–Crippen LogP) is 0.581. The molecule has 248 valence electrons. The second kappa shape index (κ2) is 23.8. The fourth-order valence-corrected chi connectivity index (χ4v) is 2.74. The van der Waals surface area contributed by atoms with Crippen LogP contribution in [0.15, 0.2) is 0 Å². The Morgan fingerprint density at radius 1 is 0.465 bits per heavy atom. The Morgan fingerprint density at radius 3 is 1.14 bits per heavy atom. The van der Waals surface area contributed by atoms with Crippen molar-refractivity contribution in [2.24, 2.45) is 0 Å². The zero-order valence-corrected chi connectivity index (χ0v) is 24.8. The van der Waals surface area contributed by atoms with E-state index in [-0.39, 0.29) is 78.5 Å². The molecular weight excluding hydrogens is 584 g/mol. The summed E-state index contributed by atoms with van der Waals surface area (Å²) in [5.74, 6) is -2.71. The number of esters is 4. The molecule has 4 atom stereocenters. The average Bonchev–Trinajstić information content (AvgIpc) is 2.94. The molecule has 2 N–H and O–H groups in total. The zero-order valence-electron chi connectivity index (χ0n) is 24.8. The maximum Gasteiger partial charge on any atom is 0.508 e. The van der Waals surface area contributed by atoms with Crippen molar-refractivity contribution >= 4 is 36.2 Å². The molecule has 0 saturated carbocycles. The van der Waals surface area contributed by atoms with Gasteiger partial charge < -0.3 is 52.8 Å². The Bertz CT molecular complexity index is 793. The molecule has 0 radical (unpaired) electrons. The highest BCUT2D eigenvalue weighted by Crippen LogP contribution is 2.05. The van der Waals surface area contributed by atoms with Crippen LogP contribution >= 0.6 is 0 Å². The van der Waals surface area contributed by atoms with Crippen molar-refractivity contribution in [3.8, 4) is 0 Å². The summed E-state index contributed by atoms with van der Waals surface area (Å²) in [6.45, 7) is 4.34. The highest BCUT2D eigenvalue weighted by molar-refractivity contribution is 5.78. The van der Waals surface area contributed by atoms with Crippen molar-refractivity contribution < 1.29 is 81.6 Å². The SMILES string of the molecule is CC(COC(=O)OC(C)COCC(C)OC(=O)OCC(C)OC(=O)CCC(=O)OCCO)OC(=O)CCC(=O)OCCO. The lowest BCUT2D eigenvalue weighted by molar-refractivity contribution is -0.155. The van der Waals surface area contributed by atoms with Crippen LogP contribution in [0.25, 0.3) is 0 Å². The van der Waals surface area contributed by atoms with Crippen LogP contribution in [0.5, 0.6) is 0 Å². The first-order chi connectivity index (χ1) is 20.4. The largest absolute Gasteiger partial charge is 0.508 e. The van der Waals surface area contributed by atoms with Gasteiger partial charge in [-0.05, 0) is 27.7 Å². The summed E-state index contributed by atoms with van der Waals surface area (Å²) in [6.07, 6.45) is -6.06. The summed E-state index contributed by atoms with van der Waals surface area (Å²) in [5, 5.41) is 17.2. The molecule has 17 heteroatoms. The van der Waals surface area contributed by atoms with Gasteiger partial charge in [-0.3, -0.25) is 19.2 Å². The van der Waals surface area contributed by atoms with Gasteiger partial charge in [0.2, 0.25) is 0 Å². The summed E-state index contributed by atoms with van der Waals surface area (Å²) < 4.78 is 44.4. The monoisotopic (exact) mass is 626 g/mol. The van der Waals surface area contributed by atoms with E-state index in [2.05, 4.69) is 9.47 Å². The van der Waals surface area contributed by atoms with Crippen molar-refractivity contribution in [3.63, 3.8) is 0 Å². The maximum atomic E-state index is 11.8. The number of hydrogen-bond donors (Lipinski definition) is 2. The number of carbonyl (C=O) groups is 6. The van der Waals surface area contributed by atoms with E-state index in [1.165, 1.54) is 27.7 Å². The molecule has 0 bridgehead atoms. The van der Waals surface area contributed by atoms with Crippen molar-refractivity contribution in [1.82, 2.24) is 0 Å². The molecule has 0 fully saturated rings. The van der Waals surface area contributed by atoms with E-state index in [1.54, 1.807) is 0 Å². The highest BCUT2D eigenvalue weighted by atomic mass is 16.7. The van der Waals surface area contributed by atoms with E-state index in [1.807, 2.05) is 0 Å². The fourth-order valence-electron chi connectivity index (χ4n) is 2.74. The standard InChI is InChI=1S/C26H42O17/c1-17(42-25(33)38-15-19(3)40-23(31)7-5-21(29)36-11-9-27)13-35-14-18(2)43-26(34)39-16-20(4)41-24(32)8-6-22(30)37-12-10-28/h17-20,27-28H,5-16H2,1-4H3. The van der Waals surface area contributed by atoms with Crippen molar-refractivity contribution in [1.29, 1.82) is 0 Å². The molecule has 0 saturated heterocycles. The molecule has 0 aromatic rings. The Kier molecular flexibility index (Phi) is 21.8. The molecule has 17 nitrogen and oxygen atoms in total. The van der Waals surface area contributed by atoms with E-state index in [0.29, 0.717) is 0 Å². The lowest BCUT2D eigenvalue weighted by atomic mass is 10.3. The molecular formula is C26H42O17. The van der Waals surface area contributed by atoms with Gasteiger partial charge in [0.15, 0.2) is 0 Å². The van der Waals surface area contributed by atoms with E-state index in [9.17, 15) is 28.8 Å². The van der Waals surface area contributed by atoms with Crippen molar-refractivity contribution in [3.05, 3.63) is 0 Å². The lowest BCUT2D eigenvalue weighted by Gasteiger charge is -2.18. The summed E-state index contributed by atoms with van der Waals surface area (Å²) in [6, 6.07) is 0. The van der Waals surface area contributed by atoms with Crippen molar-refractivity contribution in [2.45, 2.75) is 77.8 Å². The molecule has 0 aliphatic heterocycles. The fraction of sp³-hybridized carbons (Fsp3) is 0.769. The minimum absolute atomic E-state index is 0.0602. The van der Waals surface area contributed by atoms with Gasteiger partial charge in [0.05, 0.1) is 52.1 Å². The molecule has 0 amide bonds. The van der Waals surface area contributed by atoms with Crippen LogP contribution < -0.4 is 0 Å². The quantitative estimate of drug-likeness (QED) is 0.124. The predicted molar refractivity (Wildman–Crippen MR) is 140 cm³/mol. The molecule has 0 aliphatic rings. The molecule has 0 aromatic carbocycles. The molecule has 0 heterocycles. The van der Waals surface area contributed by atoms with Gasteiger partial charge in [-0.25, -0.2) is 9.59 Å². The van der Waals surface area contributed by atoms with Gasteiger partial charge >= 0.3 is 36.2 Å². The summed E-state index contributed by atoms with van der Waals surface area (Å²) in [4.78, 5) is 69.7. The molecule has 0 aromatic heterocycles. The first kappa shape index (κ1) is 39.3. The number of hydrogen-bond acceptors (Lipinski definition) is 17. The van der Waals surface area contributed by atoms with Crippen LogP contribution in [0.3, 0.4) is 0 Å². The van der Waals surface area contributed by atoms with Gasteiger partial charge in [-0.15, -0.1) is 0 Å². The lowest BCUT2D eigenvalue weighted by Crippen LogP contribution is -2.28. The third-order valence-electron chi connectivity index (χ3n) is 4.61. The minimum atomic E-state index is -1.03. The third kappa shape index (κ3) is 23.5. The minimum Gasteiger partial charge on any atom is -0.463 e. The van der Waals surface area contributed by atoms with E-state index in [0.717, 1.165) is 0 Å². The molecule has 0 spiro atoms. The number of aliphatic hydroxyl groups is 2. The van der Waals surface area contributed by atoms with Gasteiger partial charge in [0, 0.05) is 0 Å². The van der Waals surface area contributed by atoms with Gasteiger partial charge in [-0.1, -0.05) is 0 Å². The summed E-state index contributed by atoms with van der Waals surface area (Å²) in [5.41, 5.74) is 0. The van der Waals surface area contributed by atoms with E-state index >= 15 is 0 Å². The number of carbonyl (C=O) groups excluding carboxylic acids is 6. The summed E-state index contributed by atoms with van der Waals surface area (Å²) >= 11 is 0. The molecule has 4 unspecified atom stereocenters. The zero-order chi connectivity index (χ0) is 32.6. The second-order valence-corrected chi connectivity index (χ2v) is 9.01. The van der Waals surface area contributed by atoms with Crippen LogP contribution in [0.4, 0.5) is 9.59 Å². The van der Waals surface area contributed by atoms with Crippen LogP contribution in [0.2, 0.25) is 0 Å². The average molecular weight is 627 g/mol. The maximum absolute atomic E-state index is 11.8. The normalized spacial score (nSPS) is 13.3. The van der Waals surface area contributed by atoms with Crippen LogP contribution in [-0.2, 0) is 61.8 Å². The van der Waals surface area contributed by atoms with E-state index < -0.39 is 60.6 Å². The van der Waals surface area contributed by atoms with Crippen molar-refractivity contribution in [2.75, 3.05) is 52.9 Å². The molecule has 43 heavy (non-hydrogen) atoms. The van der Waals surface area contributed by atoms with Gasteiger partial charge in [0.1, 0.15) is 50.8 Å². The van der Waals surface area contributed by atoms with Crippen LogP contribution in [-0.4, -0.2) is 124 Å². The summed E-state index contributed by atoms with van der Waals surface area (Å²) in [7, 11) is 0. The second-order valence-electron chi connectivity index (χ2n) is 9.01. The first-order valence-electron chi connectivity index (χ1n) is 13.5. The number of aliphatic hydroxyl groups excluding tert-OH is 2. The Balaban J connectivity index is 4.02.